The van der Waals surface area contributed by atoms with Crippen LogP contribution in [0, 0.1) is 20.8 Å². The number of nitrogens with zero attached hydrogens (tertiary/aromatic N) is 3. The van der Waals surface area contributed by atoms with Gasteiger partial charge in [-0.1, -0.05) is 17.7 Å². The average molecular weight is 405 g/mol. The van der Waals surface area contributed by atoms with Crippen LogP contribution in [0.1, 0.15) is 22.5 Å². The van der Waals surface area contributed by atoms with Crippen molar-refractivity contribution in [2.45, 2.75) is 27.4 Å². The van der Waals surface area contributed by atoms with Crippen LogP contribution in [0.2, 0.25) is 0 Å². The lowest BCUT2D eigenvalue weighted by molar-refractivity contribution is 0.293. The standard InChI is InChI=1S/C20H20N4O.2ClH/c1-13-8-14(2)20(15(3)9-13)25-11-19-22-17-5-4-16(10-18(17)23-19)24-7-6-21-12-24;;/h4-10,12H,11H2,1-3H3,(H,22,23);2*1H. The van der Waals surface area contributed by atoms with Gasteiger partial charge in [0.1, 0.15) is 18.2 Å². The molecule has 0 aliphatic heterocycles. The second-order valence-corrected chi connectivity index (χ2v) is 6.37. The molecular formula is C20H22Cl2N4O. The van der Waals surface area contributed by atoms with E-state index >= 15 is 0 Å². The number of H-pyrrole nitrogens is 1. The number of fused-ring (bicyclic) bond motifs is 1. The van der Waals surface area contributed by atoms with Crippen LogP contribution in [0.25, 0.3) is 16.7 Å². The zero-order valence-electron chi connectivity index (χ0n) is 15.4. The number of nitrogens with one attached hydrogen (secondary N) is 1. The summed E-state index contributed by atoms with van der Waals surface area (Å²) in [5.74, 6) is 1.75. The topological polar surface area (TPSA) is 55.7 Å². The van der Waals surface area contributed by atoms with Crippen molar-refractivity contribution in [2.24, 2.45) is 0 Å². The lowest BCUT2D eigenvalue weighted by Crippen LogP contribution is -2.01. The number of ether oxygens (including phenoxy) is 1. The van der Waals surface area contributed by atoms with E-state index in [1.54, 1.807) is 12.5 Å². The smallest absolute Gasteiger partial charge is 0.146 e. The Morgan fingerprint density at radius 1 is 1.04 bits per heavy atom. The average Bonchev–Trinajstić information content (AvgIpc) is 3.22. The third-order valence-corrected chi connectivity index (χ3v) is 4.27. The Morgan fingerprint density at radius 3 is 2.44 bits per heavy atom. The minimum Gasteiger partial charge on any atom is -0.485 e. The summed E-state index contributed by atoms with van der Waals surface area (Å²) in [6, 6.07) is 10.4. The summed E-state index contributed by atoms with van der Waals surface area (Å²) in [6.45, 7) is 6.66. The van der Waals surface area contributed by atoms with Gasteiger partial charge in [0.25, 0.3) is 0 Å². The van der Waals surface area contributed by atoms with Crippen LogP contribution >= 0.6 is 24.8 Å². The van der Waals surface area contributed by atoms with Crippen LogP contribution < -0.4 is 4.74 Å². The predicted octanol–water partition coefficient (Wildman–Crippen LogP) is 5.10. The van der Waals surface area contributed by atoms with Crippen molar-refractivity contribution in [1.29, 1.82) is 0 Å². The molecule has 0 fully saturated rings. The van der Waals surface area contributed by atoms with Gasteiger partial charge in [-0.25, -0.2) is 9.97 Å². The molecule has 0 saturated carbocycles. The third-order valence-electron chi connectivity index (χ3n) is 4.27. The Kier molecular flexibility index (Phi) is 6.52. The molecule has 27 heavy (non-hydrogen) atoms. The normalized spacial score (nSPS) is 10.3. The summed E-state index contributed by atoms with van der Waals surface area (Å²) < 4.78 is 8.00. The molecule has 0 atom stereocenters. The Balaban J connectivity index is 0.00000131. The fourth-order valence-electron chi connectivity index (χ4n) is 3.23. The molecule has 1 N–H and O–H groups in total. The van der Waals surface area contributed by atoms with Crippen molar-refractivity contribution in [3.05, 3.63) is 71.6 Å². The second-order valence-electron chi connectivity index (χ2n) is 6.37. The zero-order chi connectivity index (χ0) is 17.4. The van der Waals surface area contributed by atoms with Crippen LogP contribution in [0.3, 0.4) is 0 Å². The highest BCUT2D eigenvalue weighted by Crippen LogP contribution is 2.25. The van der Waals surface area contributed by atoms with Gasteiger partial charge in [0.2, 0.25) is 0 Å². The van der Waals surface area contributed by atoms with Crippen molar-refractivity contribution >= 4 is 35.8 Å². The van der Waals surface area contributed by atoms with Crippen LogP contribution in [0.4, 0.5) is 0 Å². The summed E-state index contributed by atoms with van der Waals surface area (Å²) in [5.41, 5.74) is 6.51. The molecule has 2 aromatic heterocycles. The minimum atomic E-state index is 0. The maximum Gasteiger partial charge on any atom is 0.146 e. The Morgan fingerprint density at radius 2 is 1.78 bits per heavy atom. The Bertz CT molecular complexity index is 1020. The van der Waals surface area contributed by atoms with Gasteiger partial charge in [-0.05, 0) is 50.1 Å². The number of imidazole rings is 2. The van der Waals surface area contributed by atoms with Gasteiger partial charge in [0.05, 0.1) is 17.4 Å². The summed E-state index contributed by atoms with van der Waals surface area (Å²) in [7, 11) is 0. The predicted molar refractivity (Wildman–Crippen MR) is 113 cm³/mol. The molecule has 0 amide bonds. The molecule has 2 aromatic carbocycles. The minimum absolute atomic E-state index is 0. The van der Waals surface area contributed by atoms with Crippen LogP contribution in [-0.2, 0) is 6.61 Å². The zero-order valence-corrected chi connectivity index (χ0v) is 17.0. The second kappa shape index (κ2) is 8.46. The van der Waals surface area contributed by atoms with Crippen LogP contribution in [0.15, 0.2) is 49.1 Å². The number of benzene rings is 2. The SMILES string of the molecule is Cc1cc(C)c(OCc2nc3ccc(-n4ccnc4)cc3[nH]2)c(C)c1.Cl.Cl. The number of rotatable bonds is 4. The first-order chi connectivity index (χ1) is 12.1. The maximum atomic E-state index is 6.03. The first kappa shape index (κ1) is 20.8. The number of aromatic nitrogens is 4. The van der Waals surface area contributed by atoms with Crippen molar-refractivity contribution in [2.75, 3.05) is 0 Å². The van der Waals surface area contributed by atoms with E-state index in [9.17, 15) is 0 Å². The van der Waals surface area contributed by atoms with E-state index in [4.69, 9.17) is 4.74 Å². The Labute approximate surface area is 170 Å². The Hall–Kier alpha value is -2.50. The number of halogens is 2. The van der Waals surface area contributed by atoms with E-state index in [2.05, 4.69) is 53.9 Å². The molecule has 0 radical (unpaired) electrons. The summed E-state index contributed by atoms with van der Waals surface area (Å²) in [5, 5.41) is 0. The molecule has 0 spiro atoms. The van der Waals surface area contributed by atoms with Gasteiger partial charge in [-0.15, -0.1) is 24.8 Å². The van der Waals surface area contributed by atoms with Gasteiger partial charge in [-0.3, -0.25) is 0 Å². The van der Waals surface area contributed by atoms with Gasteiger partial charge in [0.15, 0.2) is 0 Å². The summed E-state index contributed by atoms with van der Waals surface area (Å²) in [4.78, 5) is 12.1. The molecule has 4 aromatic rings. The first-order valence-electron chi connectivity index (χ1n) is 8.28. The molecule has 0 unspecified atom stereocenters. The van der Waals surface area contributed by atoms with Gasteiger partial charge in [-0.2, -0.15) is 0 Å². The van der Waals surface area contributed by atoms with Crippen molar-refractivity contribution in [3.63, 3.8) is 0 Å². The van der Waals surface area contributed by atoms with E-state index in [-0.39, 0.29) is 24.8 Å². The number of hydrogen-bond acceptors (Lipinski definition) is 3. The highest BCUT2D eigenvalue weighted by molar-refractivity contribution is 5.85. The van der Waals surface area contributed by atoms with Gasteiger partial charge < -0.3 is 14.3 Å². The molecular weight excluding hydrogens is 383 g/mol. The lowest BCUT2D eigenvalue weighted by atomic mass is 10.1. The van der Waals surface area contributed by atoms with Crippen molar-refractivity contribution < 1.29 is 4.74 Å². The fraction of sp³-hybridized carbons (Fsp3) is 0.200. The largest absolute Gasteiger partial charge is 0.485 e. The quantitative estimate of drug-likeness (QED) is 0.514. The highest BCUT2D eigenvalue weighted by Gasteiger charge is 2.09. The van der Waals surface area contributed by atoms with E-state index in [0.29, 0.717) is 6.61 Å². The van der Waals surface area contributed by atoms with Crippen molar-refractivity contribution in [1.82, 2.24) is 19.5 Å². The number of aromatic amines is 1. The van der Waals surface area contributed by atoms with Gasteiger partial charge >= 0.3 is 0 Å². The van der Waals surface area contributed by atoms with Crippen LogP contribution in [0.5, 0.6) is 5.75 Å². The molecule has 4 rings (SSSR count). The maximum absolute atomic E-state index is 6.03. The highest BCUT2D eigenvalue weighted by atomic mass is 35.5. The molecule has 0 aliphatic carbocycles. The van der Waals surface area contributed by atoms with E-state index in [1.165, 1.54) is 5.56 Å². The summed E-state index contributed by atoms with van der Waals surface area (Å²) >= 11 is 0. The molecule has 142 valence electrons. The van der Waals surface area contributed by atoms with Crippen molar-refractivity contribution in [3.8, 4) is 11.4 Å². The lowest BCUT2D eigenvalue weighted by Gasteiger charge is -2.12. The third kappa shape index (κ3) is 4.26. The molecule has 5 nitrogen and oxygen atoms in total. The molecule has 0 aliphatic rings. The number of aryl methyl sites for hydroxylation is 3. The van der Waals surface area contributed by atoms with Gasteiger partial charge in [0, 0.05) is 18.1 Å². The fourth-order valence-corrected chi connectivity index (χ4v) is 3.23. The van der Waals surface area contributed by atoms with E-state index in [0.717, 1.165) is 39.4 Å². The molecule has 2 heterocycles. The first-order valence-corrected chi connectivity index (χ1v) is 8.28. The molecule has 0 saturated heterocycles. The summed E-state index contributed by atoms with van der Waals surface area (Å²) in [6.07, 6.45) is 5.47. The van der Waals surface area contributed by atoms with Crippen LogP contribution in [-0.4, -0.2) is 19.5 Å². The molecule has 7 heteroatoms. The molecule has 0 bridgehead atoms. The monoisotopic (exact) mass is 404 g/mol. The van der Waals surface area contributed by atoms with E-state index < -0.39 is 0 Å². The van der Waals surface area contributed by atoms with E-state index in [1.807, 2.05) is 22.9 Å². The number of hydrogen-bond donors (Lipinski definition) is 1.